The van der Waals surface area contributed by atoms with Crippen molar-refractivity contribution >= 4 is 22.6 Å². The van der Waals surface area contributed by atoms with Gasteiger partial charge in [-0.05, 0) is 43.7 Å². The number of hydrogen-bond donors (Lipinski definition) is 3. The highest BCUT2D eigenvalue weighted by Gasteiger charge is 2.38. The van der Waals surface area contributed by atoms with Crippen molar-refractivity contribution in [2.45, 2.75) is 19.3 Å². The summed E-state index contributed by atoms with van der Waals surface area (Å²) in [6, 6.07) is 8.74. The van der Waals surface area contributed by atoms with Gasteiger partial charge in [-0.25, -0.2) is 4.98 Å². The van der Waals surface area contributed by atoms with Crippen LogP contribution in [0.1, 0.15) is 19.4 Å². The number of amides is 1. The number of carbonyl (C=O) groups excluding carboxylic acids is 1. The van der Waals surface area contributed by atoms with Gasteiger partial charge in [-0.1, -0.05) is 0 Å². The van der Waals surface area contributed by atoms with Gasteiger partial charge in [0.05, 0.1) is 29.1 Å². The summed E-state index contributed by atoms with van der Waals surface area (Å²) < 4.78 is 5.33. The van der Waals surface area contributed by atoms with Gasteiger partial charge in [0.25, 0.3) is 0 Å². The number of aromatic nitrogens is 2. The lowest BCUT2D eigenvalue weighted by Gasteiger charge is -2.14. The average molecular weight is 323 g/mol. The molecule has 0 fully saturated rings. The SMILES string of the molecule is COc1cc(O)ccc1-c1nc2cc3c(cc2[nH]1)C(C)(C)C(=O)N3. The first-order valence-electron chi connectivity index (χ1n) is 7.63. The van der Waals surface area contributed by atoms with Crippen molar-refractivity contribution in [1.82, 2.24) is 9.97 Å². The average Bonchev–Trinajstić information content (AvgIpc) is 3.04. The third kappa shape index (κ3) is 1.96. The fourth-order valence-corrected chi connectivity index (χ4v) is 3.08. The summed E-state index contributed by atoms with van der Waals surface area (Å²) in [5.74, 6) is 1.31. The number of nitrogens with one attached hydrogen (secondary N) is 2. The number of phenolic OH excluding ortho intramolecular Hbond substituents is 1. The van der Waals surface area contributed by atoms with Gasteiger partial charge in [-0.15, -0.1) is 0 Å². The largest absolute Gasteiger partial charge is 0.508 e. The van der Waals surface area contributed by atoms with E-state index in [0.717, 1.165) is 27.8 Å². The number of fused-ring (bicyclic) bond motifs is 2. The van der Waals surface area contributed by atoms with Crippen LogP contribution in [0.3, 0.4) is 0 Å². The van der Waals surface area contributed by atoms with Crippen LogP contribution in [0.4, 0.5) is 5.69 Å². The van der Waals surface area contributed by atoms with Crippen LogP contribution >= 0.6 is 0 Å². The predicted octanol–water partition coefficient (Wildman–Crippen LogP) is 3.17. The Morgan fingerprint density at radius 1 is 1.21 bits per heavy atom. The van der Waals surface area contributed by atoms with Crippen LogP contribution in [0.5, 0.6) is 11.5 Å². The van der Waals surface area contributed by atoms with E-state index in [4.69, 9.17) is 4.74 Å². The first-order chi connectivity index (χ1) is 11.4. The van der Waals surface area contributed by atoms with Crippen LogP contribution < -0.4 is 10.1 Å². The number of ether oxygens (including phenoxy) is 1. The van der Waals surface area contributed by atoms with Gasteiger partial charge in [-0.3, -0.25) is 4.79 Å². The van der Waals surface area contributed by atoms with Crippen LogP contribution in [0, 0.1) is 0 Å². The molecule has 0 bridgehead atoms. The van der Waals surface area contributed by atoms with E-state index in [1.807, 2.05) is 26.0 Å². The standard InChI is InChI=1S/C18H17N3O3/c1-18(2)11-7-13-14(8-12(11)21-17(18)23)20-16(19-13)10-5-4-9(22)6-15(10)24-3/h4-8,22H,1-3H3,(H,19,20)(H,21,23). The number of aromatic hydroxyl groups is 1. The Labute approximate surface area is 138 Å². The normalized spacial score (nSPS) is 15.4. The van der Waals surface area contributed by atoms with E-state index in [2.05, 4.69) is 15.3 Å². The Morgan fingerprint density at radius 2 is 2.00 bits per heavy atom. The summed E-state index contributed by atoms with van der Waals surface area (Å²) in [6.07, 6.45) is 0. The van der Waals surface area contributed by atoms with Gasteiger partial charge < -0.3 is 20.1 Å². The molecule has 0 radical (unpaired) electrons. The molecule has 3 N–H and O–H groups in total. The molecule has 4 rings (SSSR count). The van der Waals surface area contributed by atoms with Gasteiger partial charge in [0.15, 0.2) is 0 Å². The van der Waals surface area contributed by atoms with Gasteiger partial charge in [0.1, 0.15) is 17.3 Å². The molecule has 2 heterocycles. The smallest absolute Gasteiger partial charge is 0.234 e. The van der Waals surface area contributed by atoms with E-state index in [1.165, 1.54) is 0 Å². The molecule has 2 aromatic carbocycles. The summed E-state index contributed by atoms with van der Waals surface area (Å²) >= 11 is 0. The Morgan fingerprint density at radius 3 is 2.75 bits per heavy atom. The molecular weight excluding hydrogens is 306 g/mol. The number of aromatic amines is 1. The van der Waals surface area contributed by atoms with Gasteiger partial charge in [0.2, 0.25) is 5.91 Å². The Balaban J connectivity index is 1.88. The number of phenols is 1. The van der Waals surface area contributed by atoms with E-state index >= 15 is 0 Å². The Hall–Kier alpha value is -3.02. The molecular formula is C18H17N3O3. The zero-order valence-electron chi connectivity index (χ0n) is 13.6. The van der Waals surface area contributed by atoms with E-state index < -0.39 is 5.41 Å². The number of hydrogen-bond acceptors (Lipinski definition) is 4. The quantitative estimate of drug-likeness (QED) is 0.676. The fraction of sp³-hybridized carbons (Fsp3) is 0.222. The molecule has 1 amide bonds. The van der Waals surface area contributed by atoms with Crippen molar-refractivity contribution in [2.24, 2.45) is 0 Å². The maximum Gasteiger partial charge on any atom is 0.234 e. The van der Waals surface area contributed by atoms with E-state index in [1.54, 1.807) is 25.3 Å². The van der Waals surface area contributed by atoms with Crippen LogP contribution in [0.15, 0.2) is 30.3 Å². The zero-order chi connectivity index (χ0) is 17.1. The minimum Gasteiger partial charge on any atom is -0.508 e. The number of nitrogens with zero attached hydrogens (tertiary/aromatic N) is 1. The third-order valence-corrected chi connectivity index (χ3v) is 4.55. The summed E-state index contributed by atoms with van der Waals surface area (Å²) in [4.78, 5) is 20.0. The number of imidazole rings is 1. The summed E-state index contributed by atoms with van der Waals surface area (Å²) in [5.41, 5.74) is 3.56. The number of H-pyrrole nitrogens is 1. The molecule has 0 aliphatic carbocycles. The van der Waals surface area contributed by atoms with Crippen molar-refractivity contribution in [1.29, 1.82) is 0 Å². The molecule has 1 aliphatic heterocycles. The molecule has 1 aliphatic rings. The molecule has 0 atom stereocenters. The van der Waals surface area contributed by atoms with E-state index in [-0.39, 0.29) is 11.7 Å². The molecule has 0 spiro atoms. The van der Waals surface area contributed by atoms with Gasteiger partial charge in [-0.2, -0.15) is 0 Å². The van der Waals surface area contributed by atoms with Crippen molar-refractivity contribution in [2.75, 3.05) is 12.4 Å². The topological polar surface area (TPSA) is 87.2 Å². The second-order valence-corrected chi connectivity index (χ2v) is 6.46. The lowest BCUT2D eigenvalue weighted by atomic mass is 9.86. The van der Waals surface area contributed by atoms with E-state index in [0.29, 0.717) is 11.6 Å². The first kappa shape index (κ1) is 14.6. The van der Waals surface area contributed by atoms with Crippen LogP contribution in [0.25, 0.3) is 22.4 Å². The van der Waals surface area contributed by atoms with Crippen LogP contribution in [-0.4, -0.2) is 28.1 Å². The van der Waals surface area contributed by atoms with Gasteiger partial charge >= 0.3 is 0 Å². The Bertz CT molecular complexity index is 989. The Kier molecular flexibility index (Phi) is 2.87. The van der Waals surface area contributed by atoms with Crippen molar-refractivity contribution in [3.05, 3.63) is 35.9 Å². The highest BCUT2D eigenvalue weighted by molar-refractivity contribution is 6.07. The molecule has 0 saturated carbocycles. The number of methoxy groups -OCH3 is 1. The molecule has 24 heavy (non-hydrogen) atoms. The molecule has 0 saturated heterocycles. The van der Waals surface area contributed by atoms with Crippen molar-refractivity contribution < 1.29 is 14.6 Å². The highest BCUT2D eigenvalue weighted by atomic mass is 16.5. The molecule has 0 unspecified atom stereocenters. The number of carbonyl (C=O) groups is 1. The molecule has 122 valence electrons. The van der Waals surface area contributed by atoms with Crippen molar-refractivity contribution in [3.8, 4) is 22.9 Å². The summed E-state index contributed by atoms with van der Waals surface area (Å²) in [5, 5.41) is 12.5. The maximum atomic E-state index is 12.1. The minimum atomic E-state index is -0.564. The van der Waals surface area contributed by atoms with Gasteiger partial charge in [0, 0.05) is 11.8 Å². The first-order valence-corrected chi connectivity index (χ1v) is 7.63. The second-order valence-electron chi connectivity index (χ2n) is 6.46. The lowest BCUT2D eigenvalue weighted by Crippen LogP contribution is -2.26. The summed E-state index contributed by atoms with van der Waals surface area (Å²) in [7, 11) is 1.55. The lowest BCUT2D eigenvalue weighted by molar-refractivity contribution is -0.119. The number of benzene rings is 2. The van der Waals surface area contributed by atoms with Crippen LogP contribution in [-0.2, 0) is 10.2 Å². The number of rotatable bonds is 2. The second kappa shape index (κ2) is 4.74. The molecule has 6 heteroatoms. The van der Waals surface area contributed by atoms with E-state index in [9.17, 15) is 9.90 Å². The minimum absolute atomic E-state index is 0.00872. The monoisotopic (exact) mass is 323 g/mol. The van der Waals surface area contributed by atoms with Crippen molar-refractivity contribution in [3.63, 3.8) is 0 Å². The molecule has 3 aromatic rings. The number of anilines is 1. The predicted molar refractivity (Wildman–Crippen MR) is 91.4 cm³/mol. The molecule has 1 aromatic heterocycles. The third-order valence-electron chi connectivity index (χ3n) is 4.55. The summed E-state index contributed by atoms with van der Waals surface area (Å²) in [6.45, 7) is 3.81. The van der Waals surface area contributed by atoms with Crippen LogP contribution in [0.2, 0.25) is 0 Å². The fourth-order valence-electron chi connectivity index (χ4n) is 3.08. The maximum absolute atomic E-state index is 12.1. The highest BCUT2D eigenvalue weighted by Crippen LogP contribution is 2.40. The zero-order valence-corrected chi connectivity index (χ0v) is 13.6. The molecule has 6 nitrogen and oxygen atoms in total.